The molecule has 0 aliphatic carbocycles. The molecule has 7 heteroatoms. The highest BCUT2D eigenvalue weighted by molar-refractivity contribution is 6.31. The monoisotopic (exact) mass is 387 g/mol. The zero-order chi connectivity index (χ0) is 19.6. The Morgan fingerprint density at radius 2 is 1.96 bits per heavy atom. The third-order valence-electron chi connectivity index (χ3n) is 4.32. The summed E-state index contributed by atoms with van der Waals surface area (Å²) < 4.78 is 14.0. The van der Waals surface area contributed by atoms with Crippen molar-refractivity contribution >= 4 is 28.4 Å². The number of aromatic nitrogens is 2. The van der Waals surface area contributed by atoms with E-state index in [1.165, 1.54) is 17.0 Å². The summed E-state index contributed by atoms with van der Waals surface area (Å²) in [5.41, 5.74) is 0.461. The van der Waals surface area contributed by atoms with E-state index in [4.69, 9.17) is 11.6 Å². The van der Waals surface area contributed by atoms with Crippen LogP contribution in [0, 0.1) is 5.82 Å². The van der Waals surface area contributed by atoms with Crippen molar-refractivity contribution in [3.63, 3.8) is 0 Å². The number of hydrogen-bond donors (Lipinski definition) is 1. The van der Waals surface area contributed by atoms with Gasteiger partial charge in [-0.05, 0) is 38.1 Å². The standard InChI is InChI=1S/C20H19ClFN3O2/c1-12(2)25(19(26)10-14-15(21)7-5-8-16(14)22)11-18-23-17-9-4-3-6-13(17)20(27)24-18/h3-9,12H,10-11H2,1-2H3,(H,23,24,27). The lowest BCUT2D eigenvalue weighted by Gasteiger charge is -2.26. The van der Waals surface area contributed by atoms with Gasteiger partial charge < -0.3 is 9.88 Å². The maximum atomic E-state index is 14.0. The number of carbonyl (C=O) groups excluding carboxylic acids is 1. The number of amides is 1. The van der Waals surface area contributed by atoms with Crippen molar-refractivity contribution in [2.45, 2.75) is 32.9 Å². The Morgan fingerprint density at radius 1 is 1.22 bits per heavy atom. The van der Waals surface area contributed by atoms with E-state index < -0.39 is 5.82 Å². The summed E-state index contributed by atoms with van der Waals surface area (Å²) >= 11 is 6.03. The Balaban J connectivity index is 1.88. The molecule has 140 valence electrons. The second-order valence-corrected chi connectivity index (χ2v) is 6.93. The first-order valence-electron chi connectivity index (χ1n) is 8.57. The zero-order valence-electron chi connectivity index (χ0n) is 15.0. The Labute approximate surface area is 160 Å². The zero-order valence-corrected chi connectivity index (χ0v) is 15.8. The summed E-state index contributed by atoms with van der Waals surface area (Å²) in [6.45, 7) is 3.81. The van der Waals surface area contributed by atoms with Gasteiger partial charge in [-0.2, -0.15) is 0 Å². The van der Waals surface area contributed by atoms with E-state index in [1.54, 1.807) is 30.3 Å². The van der Waals surface area contributed by atoms with E-state index in [-0.39, 0.29) is 41.1 Å². The fraction of sp³-hybridized carbons (Fsp3) is 0.250. The number of carbonyl (C=O) groups is 1. The average molecular weight is 388 g/mol. The molecule has 0 aliphatic heterocycles. The van der Waals surface area contributed by atoms with Crippen LogP contribution in [-0.4, -0.2) is 26.8 Å². The van der Waals surface area contributed by atoms with Crippen molar-refractivity contribution in [1.29, 1.82) is 0 Å². The molecule has 0 fully saturated rings. The molecule has 1 aromatic heterocycles. The molecule has 0 atom stereocenters. The fourth-order valence-electron chi connectivity index (χ4n) is 2.88. The smallest absolute Gasteiger partial charge is 0.258 e. The molecule has 27 heavy (non-hydrogen) atoms. The molecule has 0 spiro atoms. The van der Waals surface area contributed by atoms with Gasteiger partial charge in [0.25, 0.3) is 5.56 Å². The van der Waals surface area contributed by atoms with E-state index in [1.807, 2.05) is 13.8 Å². The lowest BCUT2D eigenvalue weighted by molar-refractivity contribution is -0.133. The normalized spacial score (nSPS) is 11.1. The van der Waals surface area contributed by atoms with E-state index in [0.717, 1.165) is 0 Å². The third-order valence-corrected chi connectivity index (χ3v) is 4.67. The van der Waals surface area contributed by atoms with Gasteiger partial charge in [-0.1, -0.05) is 29.8 Å². The Bertz CT molecular complexity index is 1030. The van der Waals surface area contributed by atoms with Crippen molar-refractivity contribution in [3.05, 3.63) is 75.0 Å². The van der Waals surface area contributed by atoms with Crippen LogP contribution in [0.3, 0.4) is 0 Å². The van der Waals surface area contributed by atoms with Crippen LogP contribution in [0.4, 0.5) is 4.39 Å². The summed E-state index contributed by atoms with van der Waals surface area (Å²) in [6.07, 6.45) is -0.165. The number of benzene rings is 2. The molecule has 0 radical (unpaired) electrons. The van der Waals surface area contributed by atoms with Gasteiger partial charge >= 0.3 is 0 Å². The van der Waals surface area contributed by atoms with E-state index in [2.05, 4.69) is 9.97 Å². The summed E-state index contributed by atoms with van der Waals surface area (Å²) in [5, 5.41) is 0.700. The second-order valence-electron chi connectivity index (χ2n) is 6.52. The molecule has 0 saturated carbocycles. The summed E-state index contributed by atoms with van der Waals surface area (Å²) in [4.78, 5) is 33.7. The SMILES string of the molecule is CC(C)N(Cc1nc2ccccc2c(=O)[nH]1)C(=O)Cc1c(F)cccc1Cl. The van der Waals surface area contributed by atoms with Crippen molar-refractivity contribution in [2.24, 2.45) is 0 Å². The number of para-hydroxylation sites is 1. The first kappa shape index (κ1) is 19.0. The molecule has 1 heterocycles. The van der Waals surface area contributed by atoms with E-state index >= 15 is 0 Å². The minimum Gasteiger partial charge on any atom is -0.333 e. The number of aromatic amines is 1. The molecule has 0 aliphatic rings. The summed E-state index contributed by atoms with van der Waals surface area (Å²) in [6, 6.07) is 11.2. The molecule has 2 aromatic carbocycles. The minimum absolute atomic E-state index is 0.114. The molecule has 3 aromatic rings. The highest BCUT2D eigenvalue weighted by Crippen LogP contribution is 2.21. The second kappa shape index (κ2) is 7.88. The molecule has 1 N–H and O–H groups in total. The van der Waals surface area contributed by atoms with Crippen molar-refractivity contribution in [3.8, 4) is 0 Å². The number of halogens is 2. The lowest BCUT2D eigenvalue weighted by atomic mass is 10.1. The van der Waals surface area contributed by atoms with Crippen LogP contribution in [0.15, 0.2) is 47.3 Å². The van der Waals surface area contributed by atoms with Crippen LogP contribution < -0.4 is 5.56 Å². The van der Waals surface area contributed by atoms with Gasteiger partial charge in [0, 0.05) is 16.6 Å². The minimum atomic E-state index is -0.517. The predicted octanol–water partition coefficient (Wildman–Crippen LogP) is 3.70. The summed E-state index contributed by atoms with van der Waals surface area (Å²) in [7, 11) is 0. The number of nitrogens with zero attached hydrogens (tertiary/aromatic N) is 2. The number of fused-ring (bicyclic) bond motifs is 1. The average Bonchev–Trinajstić information content (AvgIpc) is 2.62. The van der Waals surface area contributed by atoms with Crippen LogP contribution >= 0.6 is 11.6 Å². The Hall–Kier alpha value is -2.73. The van der Waals surface area contributed by atoms with Gasteiger partial charge in [0.05, 0.1) is 23.9 Å². The summed E-state index contributed by atoms with van der Waals surface area (Å²) in [5.74, 6) is -0.440. The van der Waals surface area contributed by atoms with Crippen LogP contribution in [0.2, 0.25) is 5.02 Å². The predicted molar refractivity (Wildman–Crippen MR) is 103 cm³/mol. The maximum absolute atomic E-state index is 14.0. The quantitative estimate of drug-likeness (QED) is 0.726. The van der Waals surface area contributed by atoms with Crippen LogP contribution in [0.5, 0.6) is 0 Å². The molecule has 0 unspecified atom stereocenters. The fourth-order valence-corrected chi connectivity index (χ4v) is 3.11. The number of H-pyrrole nitrogens is 1. The molecular weight excluding hydrogens is 369 g/mol. The van der Waals surface area contributed by atoms with Gasteiger partial charge in [0.15, 0.2) is 0 Å². The number of nitrogens with one attached hydrogen (secondary N) is 1. The van der Waals surface area contributed by atoms with Crippen LogP contribution in [-0.2, 0) is 17.8 Å². The number of rotatable bonds is 5. The number of hydrogen-bond acceptors (Lipinski definition) is 3. The van der Waals surface area contributed by atoms with E-state index in [9.17, 15) is 14.0 Å². The van der Waals surface area contributed by atoms with Gasteiger partial charge in [-0.25, -0.2) is 9.37 Å². The van der Waals surface area contributed by atoms with Crippen molar-refractivity contribution < 1.29 is 9.18 Å². The molecule has 1 amide bonds. The highest BCUT2D eigenvalue weighted by atomic mass is 35.5. The third kappa shape index (κ3) is 4.17. The largest absolute Gasteiger partial charge is 0.333 e. The molecule has 5 nitrogen and oxygen atoms in total. The van der Waals surface area contributed by atoms with Crippen molar-refractivity contribution in [1.82, 2.24) is 14.9 Å². The lowest BCUT2D eigenvalue weighted by Crippen LogP contribution is -2.38. The van der Waals surface area contributed by atoms with Gasteiger partial charge in [-0.15, -0.1) is 0 Å². The Kier molecular flexibility index (Phi) is 5.56. The van der Waals surface area contributed by atoms with Crippen molar-refractivity contribution in [2.75, 3.05) is 0 Å². The van der Waals surface area contributed by atoms with Crippen LogP contribution in [0.1, 0.15) is 25.2 Å². The Morgan fingerprint density at radius 3 is 2.67 bits per heavy atom. The first-order chi connectivity index (χ1) is 12.9. The van der Waals surface area contributed by atoms with Gasteiger partial charge in [0.2, 0.25) is 5.91 Å². The topological polar surface area (TPSA) is 66.1 Å². The molecule has 0 bridgehead atoms. The maximum Gasteiger partial charge on any atom is 0.258 e. The van der Waals surface area contributed by atoms with E-state index in [0.29, 0.717) is 16.7 Å². The molecule has 0 saturated heterocycles. The van der Waals surface area contributed by atoms with Gasteiger partial charge in [0.1, 0.15) is 11.6 Å². The van der Waals surface area contributed by atoms with Crippen LogP contribution in [0.25, 0.3) is 10.9 Å². The van der Waals surface area contributed by atoms with Gasteiger partial charge in [-0.3, -0.25) is 9.59 Å². The molecular formula is C20H19ClFN3O2. The first-order valence-corrected chi connectivity index (χ1v) is 8.95. The molecule has 3 rings (SSSR count). The highest BCUT2D eigenvalue weighted by Gasteiger charge is 2.21.